The van der Waals surface area contributed by atoms with Gasteiger partial charge in [-0.2, -0.15) is 8.78 Å². The molecule has 1 atom stereocenters. The summed E-state index contributed by atoms with van der Waals surface area (Å²) < 4.78 is 30.7. The van der Waals surface area contributed by atoms with Crippen LogP contribution in [0.2, 0.25) is 0 Å². The predicted octanol–water partition coefficient (Wildman–Crippen LogP) is 6.92. The number of aliphatic carboxylic acids is 2. The summed E-state index contributed by atoms with van der Waals surface area (Å²) in [5.74, 6) is -3.32. The van der Waals surface area contributed by atoms with Gasteiger partial charge in [0, 0.05) is 11.3 Å². The molecular formula is C36H38F2N2O5. The number of dihydropyridines is 1. The van der Waals surface area contributed by atoms with E-state index in [0.717, 1.165) is 32.5 Å². The number of alkyl halides is 2. The normalized spacial score (nSPS) is 18.5. The molecule has 2 heterocycles. The Kier molecular flexibility index (Phi) is 9.98. The van der Waals surface area contributed by atoms with Gasteiger partial charge in [0.1, 0.15) is 17.1 Å². The molecule has 3 N–H and O–H groups in total. The molecule has 0 saturated carbocycles. The number of halogens is 2. The molecule has 3 aromatic carbocycles. The van der Waals surface area contributed by atoms with Gasteiger partial charge in [-0.25, -0.2) is 9.59 Å². The van der Waals surface area contributed by atoms with Crippen LogP contribution in [-0.4, -0.2) is 53.3 Å². The lowest BCUT2D eigenvalue weighted by Gasteiger charge is -2.43. The van der Waals surface area contributed by atoms with E-state index in [0.29, 0.717) is 36.0 Å². The fourth-order valence-corrected chi connectivity index (χ4v) is 7.00. The number of allylic oxidation sites excluding steroid dienone is 2. The molecule has 0 aliphatic carbocycles. The number of carboxylic acids is 2. The molecule has 236 valence electrons. The molecule has 2 aliphatic heterocycles. The van der Waals surface area contributed by atoms with Gasteiger partial charge >= 0.3 is 18.6 Å². The zero-order chi connectivity index (χ0) is 32.0. The number of rotatable bonds is 12. The quantitative estimate of drug-likeness (QED) is 0.203. The van der Waals surface area contributed by atoms with E-state index in [1.807, 2.05) is 12.1 Å². The highest BCUT2D eigenvalue weighted by atomic mass is 19.3. The second kappa shape index (κ2) is 14.1. The number of likely N-dealkylation sites (tertiary alicyclic amines) is 1. The van der Waals surface area contributed by atoms with Gasteiger partial charge in [-0.15, -0.1) is 0 Å². The summed E-state index contributed by atoms with van der Waals surface area (Å²) in [6.07, 6.45) is 3.23. The Morgan fingerprint density at radius 2 is 1.47 bits per heavy atom. The van der Waals surface area contributed by atoms with Crippen molar-refractivity contribution in [1.29, 1.82) is 0 Å². The molecule has 0 aromatic heterocycles. The van der Waals surface area contributed by atoms with Gasteiger partial charge < -0.3 is 25.2 Å². The van der Waals surface area contributed by atoms with Crippen molar-refractivity contribution < 1.29 is 33.3 Å². The highest BCUT2D eigenvalue weighted by Crippen LogP contribution is 2.44. The number of piperidine rings is 1. The third-order valence-electron chi connectivity index (χ3n) is 9.10. The summed E-state index contributed by atoms with van der Waals surface area (Å²) in [5, 5.41) is 22.8. The van der Waals surface area contributed by atoms with E-state index in [9.17, 15) is 28.6 Å². The van der Waals surface area contributed by atoms with Crippen molar-refractivity contribution in [3.63, 3.8) is 0 Å². The number of nitrogens with one attached hydrogen (secondary N) is 1. The number of nitrogens with zero attached hydrogens (tertiary/aromatic N) is 1. The summed E-state index contributed by atoms with van der Waals surface area (Å²) in [6.45, 7) is 1.24. The smallest absolute Gasteiger partial charge is 0.387 e. The van der Waals surface area contributed by atoms with Crippen molar-refractivity contribution in [2.24, 2.45) is 0 Å². The summed E-state index contributed by atoms with van der Waals surface area (Å²) in [7, 11) is 0. The van der Waals surface area contributed by atoms with Crippen LogP contribution in [0.3, 0.4) is 0 Å². The third-order valence-corrected chi connectivity index (χ3v) is 9.10. The number of benzene rings is 3. The van der Waals surface area contributed by atoms with E-state index >= 15 is 0 Å². The largest absolute Gasteiger partial charge is 0.477 e. The molecule has 7 nitrogen and oxygen atoms in total. The maximum Gasteiger partial charge on any atom is 0.387 e. The fraction of sp³-hybridized carbons (Fsp3) is 0.333. The minimum absolute atomic E-state index is 0.0711. The summed E-state index contributed by atoms with van der Waals surface area (Å²) in [4.78, 5) is 27.0. The van der Waals surface area contributed by atoms with E-state index < -0.39 is 24.5 Å². The Labute approximate surface area is 261 Å². The van der Waals surface area contributed by atoms with Crippen LogP contribution in [0, 0.1) is 0 Å². The average Bonchev–Trinajstić information content (AvgIpc) is 3.05. The Bertz CT molecular complexity index is 1520. The highest BCUT2D eigenvalue weighted by molar-refractivity contribution is 5.95. The number of hydrogen-bond acceptors (Lipinski definition) is 5. The molecule has 1 fully saturated rings. The lowest BCUT2D eigenvalue weighted by molar-refractivity contribution is -0.133. The minimum atomic E-state index is -3.03. The van der Waals surface area contributed by atoms with Crippen molar-refractivity contribution in [3.05, 3.63) is 124 Å². The highest BCUT2D eigenvalue weighted by Gasteiger charge is 2.38. The first-order valence-corrected chi connectivity index (χ1v) is 15.3. The van der Waals surface area contributed by atoms with Crippen LogP contribution in [0.25, 0.3) is 0 Å². The monoisotopic (exact) mass is 616 g/mol. The fourth-order valence-electron chi connectivity index (χ4n) is 7.00. The maximum absolute atomic E-state index is 13.0. The SMILES string of the molecule is CCC1=C(C(=O)O)NC(C(=O)O)=C(CCCN2CCC(c3ccccc3)(c3ccccc3)CC2)C1c1cccc(OC(F)F)c1. The molecule has 0 radical (unpaired) electrons. The first kappa shape index (κ1) is 31.9. The molecule has 0 spiro atoms. The van der Waals surface area contributed by atoms with E-state index in [4.69, 9.17) is 0 Å². The van der Waals surface area contributed by atoms with E-state index in [1.165, 1.54) is 23.3 Å². The van der Waals surface area contributed by atoms with Crippen molar-refractivity contribution >= 4 is 11.9 Å². The molecule has 1 unspecified atom stereocenters. The molecule has 5 rings (SSSR count). The molecular weight excluding hydrogens is 578 g/mol. The zero-order valence-electron chi connectivity index (χ0n) is 25.2. The lowest BCUT2D eigenvalue weighted by atomic mass is 9.68. The van der Waals surface area contributed by atoms with Crippen LogP contribution in [-0.2, 0) is 15.0 Å². The van der Waals surface area contributed by atoms with Crippen LogP contribution in [0.4, 0.5) is 8.78 Å². The molecule has 3 aromatic rings. The average molecular weight is 617 g/mol. The Balaban J connectivity index is 1.37. The first-order valence-electron chi connectivity index (χ1n) is 15.3. The summed E-state index contributed by atoms with van der Waals surface area (Å²) >= 11 is 0. The second-order valence-electron chi connectivity index (χ2n) is 11.5. The Morgan fingerprint density at radius 1 is 0.889 bits per heavy atom. The number of hydrogen-bond donors (Lipinski definition) is 3. The minimum Gasteiger partial charge on any atom is -0.477 e. The van der Waals surface area contributed by atoms with Crippen LogP contribution < -0.4 is 10.1 Å². The second-order valence-corrected chi connectivity index (χ2v) is 11.5. The molecule has 1 saturated heterocycles. The van der Waals surface area contributed by atoms with Crippen molar-refractivity contribution in [3.8, 4) is 5.75 Å². The van der Waals surface area contributed by atoms with Gasteiger partial charge in [0.25, 0.3) is 0 Å². The third kappa shape index (κ3) is 6.93. The zero-order valence-corrected chi connectivity index (χ0v) is 25.2. The van der Waals surface area contributed by atoms with Crippen molar-refractivity contribution in [1.82, 2.24) is 10.2 Å². The van der Waals surface area contributed by atoms with E-state index in [-0.39, 0.29) is 22.6 Å². The molecule has 0 bridgehead atoms. The number of carbonyl (C=O) groups is 2. The lowest BCUT2D eigenvalue weighted by Crippen LogP contribution is -2.43. The van der Waals surface area contributed by atoms with Crippen molar-refractivity contribution in [2.45, 2.75) is 57.0 Å². The Hall–Kier alpha value is -4.50. The van der Waals surface area contributed by atoms with Gasteiger partial charge in [-0.1, -0.05) is 79.7 Å². The topological polar surface area (TPSA) is 99.1 Å². The van der Waals surface area contributed by atoms with Gasteiger partial charge in [0.2, 0.25) is 0 Å². The van der Waals surface area contributed by atoms with Gasteiger partial charge in [0.15, 0.2) is 0 Å². The molecule has 0 amide bonds. The van der Waals surface area contributed by atoms with Gasteiger partial charge in [-0.3, -0.25) is 0 Å². The number of carboxylic acid groups (broad SMARTS) is 2. The van der Waals surface area contributed by atoms with E-state index in [1.54, 1.807) is 19.1 Å². The van der Waals surface area contributed by atoms with Crippen LogP contribution in [0.1, 0.15) is 61.6 Å². The van der Waals surface area contributed by atoms with Crippen LogP contribution in [0.5, 0.6) is 5.75 Å². The molecule has 45 heavy (non-hydrogen) atoms. The maximum atomic E-state index is 13.0. The van der Waals surface area contributed by atoms with Crippen molar-refractivity contribution in [2.75, 3.05) is 19.6 Å². The van der Waals surface area contributed by atoms with Gasteiger partial charge in [-0.05, 0) is 91.7 Å². The summed E-state index contributed by atoms with van der Waals surface area (Å²) in [5.41, 5.74) is 3.66. The summed E-state index contributed by atoms with van der Waals surface area (Å²) in [6, 6.07) is 27.3. The van der Waals surface area contributed by atoms with Gasteiger partial charge in [0.05, 0.1) is 0 Å². The predicted molar refractivity (Wildman–Crippen MR) is 167 cm³/mol. The van der Waals surface area contributed by atoms with Crippen LogP contribution in [0.15, 0.2) is 107 Å². The molecule has 9 heteroatoms. The number of ether oxygens (including phenoxy) is 1. The molecule has 2 aliphatic rings. The Morgan fingerprint density at radius 3 is 2.00 bits per heavy atom. The van der Waals surface area contributed by atoms with Crippen LogP contribution >= 0.6 is 0 Å². The van der Waals surface area contributed by atoms with E-state index in [2.05, 4.69) is 63.5 Å². The standard InChI is InChI=1S/C36H38F2N2O5/c1-2-28-30(24-11-9-16-27(23-24)45-35(37)38)29(32(34(43)44)39-31(28)33(41)42)17-10-20-40-21-18-36(19-22-40,25-12-5-3-6-13-25)26-14-7-4-8-15-26/h3-9,11-16,23,30,35,39H,2,10,17-22H2,1H3,(H,41,42)(H,43,44). The first-order chi connectivity index (χ1) is 21.7.